The smallest absolute Gasteiger partial charge is 0.133 e. The molecule has 1 nitrogen and oxygen atoms in total. The van der Waals surface area contributed by atoms with Crippen LogP contribution in [0.25, 0.3) is 0 Å². The molecule has 0 aliphatic rings. The van der Waals surface area contributed by atoms with Crippen LogP contribution < -0.4 is 4.74 Å². The van der Waals surface area contributed by atoms with Crippen molar-refractivity contribution in [2.45, 2.75) is 0 Å². The Hall–Kier alpha value is -0.690. The number of hydrogen-bond acceptors (Lipinski definition) is 1. The second-order valence-electron chi connectivity index (χ2n) is 1.99. The zero-order chi connectivity index (χ0) is 8.27. The molecule has 11 heavy (non-hydrogen) atoms. The van der Waals surface area contributed by atoms with Crippen LogP contribution in [0.2, 0.25) is 0 Å². The van der Waals surface area contributed by atoms with E-state index in [4.69, 9.17) is 11.2 Å². The Labute approximate surface area is 79.9 Å². The van der Waals surface area contributed by atoms with Crippen LogP contribution in [0.1, 0.15) is 5.56 Å². The molecule has 0 atom stereocenters. The second-order valence-corrected chi connectivity index (χ2v) is 3.16. The first-order chi connectivity index (χ1) is 5.27. The van der Waals surface area contributed by atoms with Crippen LogP contribution in [0.15, 0.2) is 18.2 Å². The van der Waals surface area contributed by atoms with Gasteiger partial charge in [0.2, 0.25) is 0 Å². The quantitative estimate of drug-likeness (QED) is 0.554. The van der Waals surface area contributed by atoms with Crippen molar-refractivity contribution in [2.75, 3.05) is 7.11 Å². The van der Waals surface area contributed by atoms with Gasteiger partial charge in [-0.15, -0.1) is 6.42 Å². The molecule has 0 unspecified atom stereocenters. The number of terminal acetylenes is 1. The Balaban J connectivity index is 3.15. The lowest BCUT2D eigenvalue weighted by atomic mass is 10.2. The largest absolute Gasteiger partial charge is 0.496 e. The lowest BCUT2D eigenvalue weighted by molar-refractivity contribution is 0.411. The first kappa shape index (κ1) is 8.41. The third kappa shape index (κ3) is 1.87. The topological polar surface area (TPSA) is 9.23 Å². The predicted molar refractivity (Wildman–Crippen MR) is 53.6 cm³/mol. The molecule has 0 radical (unpaired) electrons. The van der Waals surface area contributed by atoms with Gasteiger partial charge in [-0.3, -0.25) is 0 Å². The summed E-state index contributed by atoms with van der Waals surface area (Å²) in [7, 11) is 1.64. The highest BCUT2D eigenvalue weighted by Gasteiger charge is 1.98. The highest BCUT2D eigenvalue weighted by Crippen LogP contribution is 2.20. The van der Waals surface area contributed by atoms with E-state index in [1.807, 2.05) is 18.2 Å². The molecular formula is C9H7IO. The van der Waals surface area contributed by atoms with Crippen LogP contribution in [-0.4, -0.2) is 7.11 Å². The average molecular weight is 258 g/mol. The van der Waals surface area contributed by atoms with E-state index >= 15 is 0 Å². The van der Waals surface area contributed by atoms with Crippen LogP contribution in [0.3, 0.4) is 0 Å². The van der Waals surface area contributed by atoms with Gasteiger partial charge in [0.25, 0.3) is 0 Å². The molecule has 2 heteroatoms. The van der Waals surface area contributed by atoms with Gasteiger partial charge in [-0.2, -0.15) is 0 Å². The van der Waals surface area contributed by atoms with Crippen molar-refractivity contribution in [3.8, 4) is 18.1 Å². The van der Waals surface area contributed by atoms with Crippen LogP contribution in [0.5, 0.6) is 5.75 Å². The van der Waals surface area contributed by atoms with Crippen LogP contribution >= 0.6 is 22.6 Å². The van der Waals surface area contributed by atoms with E-state index in [-0.39, 0.29) is 0 Å². The Morgan fingerprint density at radius 2 is 2.27 bits per heavy atom. The molecule has 1 aromatic rings. The van der Waals surface area contributed by atoms with Gasteiger partial charge in [0.1, 0.15) is 5.75 Å². The van der Waals surface area contributed by atoms with Crippen LogP contribution in [0, 0.1) is 15.9 Å². The van der Waals surface area contributed by atoms with Gasteiger partial charge in [-0.1, -0.05) is 5.92 Å². The number of rotatable bonds is 1. The van der Waals surface area contributed by atoms with Gasteiger partial charge in [0.15, 0.2) is 0 Å². The van der Waals surface area contributed by atoms with E-state index in [0.717, 1.165) is 14.9 Å². The Morgan fingerprint density at radius 1 is 1.55 bits per heavy atom. The monoisotopic (exact) mass is 258 g/mol. The SMILES string of the molecule is C#Cc1ccc(I)c(OC)c1. The maximum atomic E-state index is 5.22. The molecule has 0 amide bonds. The van der Waals surface area contributed by atoms with Gasteiger partial charge in [-0.25, -0.2) is 0 Å². The maximum absolute atomic E-state index is 5.22. The standard InChI is InChI=1S/C9H7IO/c1-3-7-4-5-8(10)9(6-7)11-2/h1,4-6H,2H3. The molecule has 0 N–H and O–H groups in total. The maximum Gasteiger partial charge on any atom is 0.133 e. The second kappa shape index (κ2) is 3.63. The highest BCUT2D eigenvalue weighted by molar-refractivity contribution is 14.1. The molecule has 1 rings (SSSR count). The summed E-state index contributed by atoms with van der Waals surface area (Å²) in [5, 5.41) is 0. The minimum absolute atomic E-state index is 0.834. The Kier molecular flexibility index (Phi) is 2.77. The van der Waals surface area contributed by atoms with Gasteiger partial charge < -0.3 is 4.74 Å². The van der Waals surface area contributed by atoms with Crippen LogP contribution in [-0.2, 0) is 0 Å². The fourth-order valence-electron chi connectivity index (χ4n) is 0.750. The lowest BCUT2D eigenvalue weighted by Crippen LogP contribution is -1.87. The third-order valence-electron chi connectivity index (χ3n) is 1.32. The first-order valence-electron chi connectivity index (χ1n) is 3.08. The van der Waals surface area contributed by atoms with E-state index < -0.39 is 0 Å². The number of hydrogen-bond donors (Lipinski definition) is 0. The summed E-state index contributed by atoms with van der Waals surface area (Å²) in [4.78, 5) is 0. The normalized spacial score (nSPS) is 8.82. The van der Waals surface area contributed by atoms with Gasteiger partial charge >= 0.3 is 0 Å². The molecule has 0 saturated heterocycles. The molecule has 1 aromatic carbocycles. The minimum Gasteiger partial charge on any atom is -0.496 e. The fourth-order valence-corrected chi connectivity index (χ4v) is 1.31. The molecule has 0 fully saturated rings. The average Bonchev–Trinajstić information content (AvgIpc) is 2.05. The van der Waals surface area contributed by atoms with Crippen molar-refractivity contribution in [1.82, 2.24) is 0 Å². The molecule has 0 aliphatic heterocycles. The number of methoxy groups -OCH3 is 1. The Morgan fingerprint density at radius 3 is 2.82 bits per heavy atom. The molecule has 0 spiro atoms. The van der Waals surface area contributed by atoms with Gasteiger partial charge in [0.05, 0.1) is 10.7 Å². The van der Waals surface area contributed by atoms with Crippen molar-refractivity contribution in [3.05, 3.63) is 27.3 Å². The summed E-state index contributed by atoms with van der Waals surface area (Å²) in [6.45, 7) is 0. The summed E-state index contributed by atoms with van der Waals surface area (Å²) in [5.74, 6) is 3.38. The number of halogens is 1. The molecule has 56 valence electrons. The van der Waals surface area contributed by atoms with Crippen molar-refractivity contribution in [1.29, 1.82) is 0 Å². The summed E-state index contributed by atoms with van der Waals surface area (Å²) < 4.78 is 6.16. The molecule has 0 aromatic heterocycles. The van der Waals surface area contributed by atoms with Gasteiger partial charge in [-0.05, 0) is 40.8 Å². The Bertz CT molecular complexity index is 299. The van der Waals surface area contributed by atoms with E-state index in [0.29, 0.717) is 0 Å². The molecular weight excluding hydrogens is 251 g/mol. The van der Waals surface area contributed by atoms with Crippen molar-refractivity contribution in [3.63, 3.8) is 0 Å². The third-order valence-corrected chi connectivity index (χ3v) is 2.21. The summed E-state index contributed by atoms with van der Waals surface area (Å²) >= 11 is 2.20. The highest BCUT2D eigenvalue weighted by atomic mass is 127. The zero-order valence-corrected chi connectivity index (χ0v) is 8.25. The summed E-state index contributed by atoms with van der Waals surface area (Å²) in [6.07, 6.45) is 5.22. The zero-order valence-electron chi connectivity index (χ0n) is 6.10. The lowest BCUT2D eigenvalue weighted by Gasteiger charge is -2.02. The van der Waals surface area contributed by atoms with E-state index in [9.17, 15) is 0 Å². The molecule has 0 aliphatic carbocycles. The van der Waals surface area contributed by atoms with E-state index in [1.54, 1.807) is 7.11 Å². The van der Waals surface area contributed by atoms with Crippen molar-refractivity contribution >= 4 is 22.6 Å². The van der Waals surface area contributed by atoms with Crippen molar-refractivity contribution in [2.24, 2.45) is 0 Å². The first-order valence-corrected chi connectivity index (χ1v) is 4.16. The summed E-state index contributed by atoms with van der Waals surface area (Å²) in [5.41, 5.74) is 0.849. The van der Waals surface area contributed by atoms with Crippen LogP contribution in [0.4, 0.5) is 0 Å². The van der Waals surface area contributed by atoms with Crippen molar-refractivity contribution < 1.29 is 4.74 Å². The molecule has 0 bridgehead atoms. The molecule has 0 saturated carbocycles. The molecule has 0 heterocycles. The fraction of sp³-hybridized carbons (Fsp3) is 0.111. The summed E-state index contributed by atoms with van der Waals surface area (Å²) in [6, 6.07) is 5.68. The number of benzene rings is 1. The van der Waals surface area contributed by atoms with E-state index in [1.165, 1.54) is 0 Å². The predicted octanol–water partition coefficient (Wildman–Crippen LogP) is 2.28. The minimum atomic E-state index is 0.834. The van der Waals surface area contributed by atoms with E-state index in [2.05, 4.69) is 28.5 Å². The van der Waals surface area contributed by atoms with Gasteiger partial charge in [0, 0.05) is 5.56 Å². The number of ether oxygens (including phenoxy) is 1.